The van der Waals surface area contributed by atoms with Crippen molar-refractivity contribution < 1.29 is 8.78 Å². The summed E-state index contributed by atoms with van der Waals surface area (Å²) in [4.78, 5) is 0. The van der Waals surface area contributed by atoms with Gasteiger partial charge in [-0.2, -0.15) is 8.78 Å². The summed E-state index contributed by atoms with van der Waals surface area (Å²) in [5.74, 6) is -2.99. The Kier molecular flexibility index (Phi) is 3.45. The number of alkyl halides is 2. The van der Waals surface area contributed by atoms with Crippen molar-refractivity contribution in [3.8, 4) is 0 Å². The highest BCUT2D eigenvalue weighted by atomic mass is 35.5. The molecule has 0 aromatic heterocycles. The number of rotatable bonds is 3. The van der Waals surface area contributed by atoms with E-state index in [-0.39, 0.29) is 5.56 Å². The molecule has 0 amide bonds. The lowest BCUT2D eigenvalue weighted by Gasteiger charge is -2.15. The van der Waals surface area contributed by atoms with Gasteiger partial charge in [-0.05, 0) is 18.1 Å². The van der Waals surface area contributed by atoms with Crippen molar-refractivity contribution in [3.05, 3.63) is 34.3 Å². The Morgan fingerprint density at radius 2 is 2.07 bits per heavy atom. The molecule has 1 aromatic rings. The molecule has 0 radical (unpaired) electrons. The van der Waals surface area contributed by atoms with Crippen LogP contribution in [0.2, 0.25) is 5.02 Å². The molecule has 1 aromatic carbocycles. The predicted octanol–water partition coefficient (Wildman–Crippen LogP) is 2.95. The zero-order valence-corrected chi connectivity index (χ0v) is 8.61. The summed E-state index contributed by atoms with van der Waals surface area (Å²) in [5.41, 5.74) is 5.71. The van der Waals surface area contributed by atoms with Crippen LogP contribution in [-0.4, -0.2) is 6.54 Å². The Bertz CT molecular complexity index is 326. The van der Waals surface area contributed by atoms with Gasteiger partial charge in [0.05, 0.1) is 6.54 Å². The maximum absolute atomic E-state index is 13.1. The fourth-order valence-corrected chi connectivity index (χ4v) is 1.49. The Labute approximate surface area is 86.9 Å². The summed E-state index contributed by atoms with van der Waals surface area (Å²) in [6.07, 6.45) is 0.729. The third-order valence-electron chi connectivity index (χ3n) is 2.11. The molecule has 0 saturated heterocycles. The SMILES string of the molecule is CCc1ccc(C(F)(F)CN)cc1Cl. The summed E-state index contributed by atoms with van der Waals surface area (Å²) in [7, 11) is 0. The van der Waals surface area contributed by atoms with Crippen LogP contribution < -0.4 is 5.73 Å². The first kappa shape index (κ1) is 11.4. The highest BCUT2D eigenvalue weighted by Crippen LogP contribution is 2.30. The van der Waals surface area contributed by atoms with Crippen LogP contribution in [-0.2, 0) is 12.3 Å². The lowest BCUT2D eigenvalue weighted by atomic mass is 10.1. The van der Waals surface area contributed by atoms with Gasteiger partial charge in [0.25, 0.3) is 5.92 Å². The largest absolute Gasteiger partial charge is 0.325 e. The van der Waals surface area contributed by atoms with Crippen LogP contribution >= 0.6 is 11.6 Å². The average Bonchev–Trinajstić information content (AvgIpc) is 2.17. The second kappa shape index (κ2) is 4.24. The van der Waals surface area contributed by atoms with Gasteiger partial charge < -0.3 is 5.73 Å². The number of benzene rings is 1. The topological polar surface area (TPSA) is 26.0 Å². The van der Waals surface area contributed by atoms with Crippen LogP contribution in [0.1, 0.15) is 18.1 Å². The Balaban J connectivity index is 3.08. The number of nitrogens with two attached hydrogens (primary N) is 1. The van der Waals surface area contributed by atoms with Crippen molar-refractivity contribution in [1.29, 1.82) is 0 Å². The van der Waals surface area contributed by atoms with E-state index in [0.29, 0.717) is 5.02 Å². The molecule has 0 bridgehead atoms. The van der Waals surface area contributed by atoms with E-state index in [4.69, 9.17) is 17.3 Å². The van der Waals surface area contributed by atoms with Crippen LogP contribution in [0.15, 0.2) is 18.2 Å². The fraction of sp³-hybridized carbons (Fsp3) is 0.400. The molecule has 0 fully saturated rings. The molecule has 78 valence electrons. The minimum absolute atomic E-state index is 0.123. The molecule has 4 heteroatoms. The van der Waals surface area contributed by atoms with Gasteiger partial charge in [0, 0.05) is 10.6 Å². The molecule has 1 nitrogen and oxygen atoms in total. The zero-order chi connectivity index (χ0) is 10.8. The van der Waals surface area contributed by atoms with E-state index < -0.39 is 12.5 Å². The molecule has 0 aliphatic rings. The van der Waals surface area contributed by atoms with Gasteiger partial charge in [-0.25, -0.2) is 0 Å². The van der Waals surface area contributed by atoms with Crippen molar-refractivity contribution in [1.82, 2.24) is 0 Å². The van der Waals surface area contributed by atoms with Gasteiger partial charge in [-0.15, -0.1) is 0 Å². The average molecular weight is 220 g/mol. The maximum atomic E-state index is 13.1. The minimum atomic E-state index is -2.99. The van der Waals surface area contributed by atoms with Gasteiger partial charge >= 0.3 is 0 Å². The highest BCUT2D eigenvalue weighted by Gasteiger charge is 2.29. The standard InChI is InChI=1S/C10H12ClF2N/c1-2-7-3-4-8(5-9(7)11)10(12,13)6-14/h3-5H,2,6,14H2,1H3. The number of hydrogen-bond donors (Lipinski definition) is 1. The summed E-state index contributed by atoms with van der Waals surface area (Å²) >= 11 is 5.82. The molecule has 0 aliphatic heterocycles. The van der Waals surface area contributed by atoms with Gasteiger partial charge in [-0.3, -0.25) is 0 Å². The zero-order valence-electron chi connectivity index (χ0n) is 7.86. The van der Waals surface area contributed by atoms with Crippen molar-refractivity contribution in [2.75, 3.05) is 6.54 Å². The first-order valence-corrected chi connectivity index (χ1v) is 4.76. The molecule has 0 spiro atoms. The van der Waals surface area contributed by atoms with Gasteiger partial charge in [0.15, 0.2) is 0 Å². The van der Waals surface area contributed by atoms with Crippen molar-refractivity contribution >= 4 is 11.6 Å². The van der Waals surface area contributed by atoms with Crippen molar-refractivity contribution in [3.63, 3.8) is 0 Å². The van der Waals surface area contributed by atoms with E-state index in [0.717, 1.165) is 12.0 Å². The first-order valence-electron chi connectivity index (χ1n) is 4.38. The second-order valence-electron chi connectivity index (χ2n) is 3.07. The van der Waals surface area contributed by atoms with E-state index >= 15 is 0 Å². The van der Waals surface area contributed by atoms with Crippen LogP contribution in [0, 0.1) is 0 Å². The molecule has 0 heterocycles. The van der Waals surface area contributed by atoms with Crippen molar-refractivity contribution in [2.24, 2.45) is 5.73 Å². The smallest absolute Gasteiger partial charge is 0.285 e. The van der Waals surface area contributed by atoms with E-state index in [1.807, 2.05) is 6.92 Å². The molecule has 2 N–H and O–H groups in total. The van der Waals surface area contributed by atoms with Crippen LogP contribution in [0.4, 0.5) is 8.78 Å². The molecular weight excluding hydrogens is 208 g/mol. The molecule has 0 saturated carbocycles. The van der Waals surface area contributed by atoms with Gasteiger partial charge in [-0.1, -0.05) is 30.7 Å². The molecule has 0 atom stereocenters. The number of hydrogen-bond acceptors (Lipinski definition) is 1. The lowest BCUT2D eigenvalue weighted by molar-refractivity contribution is 0.00594. The molecule has 0 unspecified atom stereocenters. The quantitative estimate of drug-likeness (QED) is 0.831. The van der Waals surface area contributed by atoms with Crippen molar-refractivity contribution in [2.45, 2.75) is 19.3 Å². The third-order valence-corrected chi connectivity index (χ3v) is 2.46. The maximum Gasteiger partial charge on any atom is 0.285 e. The normalized spacial score (nSPS) is 11.8. The van der Waals surface area contributed by atoms with Crippen LogP contribution in [0.25, 0.3) is 0 Å². The Morgan fingerprint density at radius 1 is 1.43 bits per heavy atom. The van der Waals surface area contributed by atoms with E-state index in [9.17, 15) is 8.78 Å². The first-order chi connectivity index (χ1) is 6.51. The number of aryl methyl sites for hydroxylation is 1. The molecular formula is C10H12ClF2N. The lowest BCUT2D eigenvalue weighted by Crippen LogP contribution is -2.25. The number of halogens is 3. The Morgan fingerprint density at radius 3 is 2.50 bits per heavy atom. The molecule has 0 aliphatic carbocycles. The minimum Gasteiger partial charge on any atom is -0.325 e. The molecule has 14 heavy (non-hydrogen) atoms. The van der Waals surface area contributed by atoms with E-state index in [1.54, 1.807) is 6.07 Å². The van der Waals surface area contributed by atoms with E-state index in [1.165, 1.54) is 12.1 Å². The van der Waals surface area contributed by atoms with Gasteiger partial charge in [0.1, 0.15) is 0 Å². The van der Waals surface area contributed by atoms with Crippen LogP contribution in [0.3, 0.4) is 0 Å². The summed E-state index contributed by atoms with van der Waals surface area (Å²) < 4.78 is 26.2. The Hall–Kier alpha value is -0.670. The second-order valence-corrected chi connectivity index (χ2v) is 3.48. The summed E-state index contributed by atoms with van der Waals surface area (Å²) in [6, 6.07) is 4.27. The molecule has 1 rings (SSSR count). The predicted molar refractivity (Wildman–Crippen MR) is 53.8 cm³/mol. The monoisotopic (exact) mass is 219 g/mol. The third kappa shape index (κ3) is 2.22. The van der Waals surface area contributed by atoms with Gasteiger partial charge in [0.2, 0.25) is 0 Å². The van der Waals surface area contributed by atoms with E-state index in [2.05, 4.69) is 0 Å². The summed E-state index contributed by atoms with van der Waals surface area (Å²) in [5, 5.41) is 0.373. The highest BCUT2D eigenvalue weighted by molar-refractivity contribution is 6.31. The summed E-state index contributed by atoms with van der Waals surface area (Å²) in [6.45, 7) is 1.22. The van der Waals surface area contributed by atoms with Crippen LogP contribution in [0.5, 0.6) is 0 Å². The fourth-order valence-electron chi connectivity index (χ4n) is 1.18.